The van der Waals surface area contributed by atoms with Crippen molar-refractivity contribution in [3.05, 3.63) is 52.2 Å². The first-order valence-electron chi connectivity index (χ1n) is 10.4. The van der Waals surface area contributed by atoms with Gasteiger partial charge in [-0.2, -0.15) is 11.3 Å². The second-order valence-electron chi connectivity index (χ2n) is 8.20. The number of thiophene rings is 1. The number of carbonyl (C=O) groups excluding carboxylic acids is 1. The average molecular weight is 416 g/mol. The summed E-state index contributed by atoms with van der Waals surface area (Å²) in [5.41, 5.74) is 2.57. The van der Waals surface area contributed by atoms with Crippen molar-refractivity contribution in [1.29, 1.82) is 0 Å². The fourth-order valence-electron chi connectivity index (χ4n) is 3.71. The van der Waals surface area contributed by atoms with E-state index in [0.29, 0.717) is 6.54 Å². The molecule has 0 saturated carbocycles. The van der Waals surface area contributed by atoms with E-state index in [1.54, 1.807) is 11.3 Å². The lowest BCUT2D eigenvalue weighted by Crippen LogP contribution is -2.41. The van der Waals surface area contributed by atoms with Crippen molar-refractivity contribution < 1.29 is 9.53 Å². The summed E-state index contributed by atoms with van der Waals surface area (Å²) in [6, 6.07) is 10.4. The molecule has 1 unspecified atom stereocenters. The van der Waals surface area contributed by atoms with Crippen LogP contribution in [0.2, 0.25) is 0 Å². The second kappa shape index (κ2) is 10.8. The fraction of sp³-hybridized carbons (Fsp3) is 0.522. The lowest BCUT2D eigenvalue weighted by Gasteiger charge is -2.28. The van der Waals surface area contributed by atoms with Gasteiger partial charge in [0.25, 0.3) is 0 Å². The molecule has 29 heavy (non-hydrogen) atoms. The standard InChI is InChI=1S/C23H33N3O2S/c1-18(14-24-23(27)21-7-10-25(2)11-8-21)28-22-6-4-5-19(13-22)15-26(3)16-20-9-12-29-17-20/h4-6,9,12-13,17-18,21H,7-8,10-11,14-16H2,1-3H3,(H,24,27). The molecule has 0 aliphatic carbocycles. The first kappa shape index (κ1) is 21.8. The SMILES string of the molecule is CC(CNC(=O)C1CCN(C)CC1)Oc1cccc(CN(C)Cc2ccsc2)c1. The van der Waals surface area contributed by atoms with Gasteiger partial charge < -0.3 is 15.0 Å². The molecule has 2 aromatic rings. The van der Waals surface area contributed by atoms with E-state index in [1.807, 2.05) is 19.1 Å². The van der Waals surface area contributed by atoms with Gasteiger partial charge in [0.15, 0.2) is 0 Å². The van der Waals surface area contributed by atoms with Crippen molar-refractivity contribution in [2.24, 2.45) is 5.92 Å². The molecule has 158 valence electrons. The van der Waals surface area contributed by atoms with E-state index in [4.69, 9.17) is 4.74 Å². The summed E-state index contributed by atoms with van der Waals surface area (Å²) in [6.45, 7) is 6.34. The van der Waals surface area contributed by atoms with Crippen LogP contribution in [0.15, 0.2) is 41.1 Å². The minimum absolute atomic E-state index is 0.0657. The Morgan fingerprint density at radius 3 is 2.76 bits per heavy atom. The van der Waals surface area contributed by atoms with E-state index < -0.39 is 0 Å². The third-order valence-electron chi connectivity index (χ3n) is 5.37. The van der Waals surface area contributed by atoms with Crippen LogP contribution < -0.4 is 10.1 Å². The van der Waals surface area contributed by atoms with Crippen LogP contribution in [0.5, 0.6) is 5.75 Å². The van der Waals surface area contributed by atoms with Crippen molar-refractivity contribution in [1.82, 2.24) is 15.1 Å². The maximum Gasteiger partial charge on any atom is 0.223 e. The summed E-state index contributed by atoms with van der Waals surface area (Å²) in [7, 11) is 4.24. The van der Waals surface area contributed by atoms with E-state index in [2.05, 4.69) is 58.2 Å². The molecule has 0 bridgehead atoms. The number of nitrogens with zero attached hydrogens (tertiary/aromatic N) is 2. The summed E-state index contributed by atoms with van der Waals surface area (Å²) in [6.07, 6.45) is 1.82. The van der Waals surface area contributed by atoms with Crippen molar-refractivity contribution in [3.8, 4) is 5.75 Å². The van der Waals surface area contributed by atoms with Gasteiger partial charge in [-0.25, -0.2) is 0 Å². The summed E-state index contributed by atoms with van der Waals surface area (Å²) in [5.74, 6) is 1.16. The minimum Gasteiger partial charge on any atom is -0.489 e. The number of nitrogens with one attached hydrogen (secondary N) is 1. The van der Waals surface area contributed by atoms with Crippen molar-refractivity contribution >= 4 is 17.2 Å². The zero-order valence-electron chi connectivity index (χ0n) is 17.8. The lowest BCUT2D eigenvalue weighted by atomic mass is 9.96. The third kappa shape index (κ3) is 7.14. The Hall–Kier alpha value is -1.89. The first-order valence-corrected chi connectivity index (χ1v) is 11.4. The number of ether oxygens (including phenoxy) is 1. The number of likely N-dealkylation sites (tertiary alicyclic amines) is 1. The van der Waals surface area contributed by atoms with E-state index in [-0.39, 0.29) is 17.9 Å². The number of rotatable bonds is 9. The molecule has 1 aliphatic rings. The highest BCUT2D eigenvalue weighted by Crippen LogP contribution is 2.18. The van der Waals surface area contributed by atoms with Crippen LogP contribution in [-0.2, 0) is 17.9 Å². The molecule has 0 radical (unpaired) electrons. The highest BCUT2D eigenvalue weighted by atomic mass is 32.1. The van der Waals surface area contributed by atoms with E-state index in [9.17, 15) is 4.79 Å². The van der Waals surface area contributed by atoms with Gasteiger partial charge in [-0.1, -0.05) is 12.1 Å². The Morgan fingerprint density at radius 1 is 1.28 bits per heavy atom. The van der Waals surface area contributed by atoms with E-state index in [0.717, 1.165) is 44.8 Å². The van der Waals surface area contributed by atoms with E-state index in [1.165, 1.54) is 11.1 Å². The van der Waals surface area contributed by atoms with Crippen molar-refractivity contribution in [3.63, 3.8) is 0 Å². The molecule has 3 rings (SSSR count). The Morgan fingerprint density at radius 2 is 2.03 bits per heavy atom. The normalized spacial score (nSPS) is 16.7. The zero-order valence-corrected chi connectivity index (χ0v) is 18.6. The Labute approximate surface area is 178 Å². The molecule has 6 heteroatoms. The molecular weight excluding hydrogens is 382 g/mol. The molecular formula is C23H33N3O2S. The Balaban J connectivity index is 1.43. The molecule has 1 aromatic heterocycles. The molecule has 1 fully saturated rings. The van der Waals surface area contributed by atoms with Gasteiger partial charge in [-0.15, -0.1) is 0 Å². The van der Waals surface area contributed by atoms with Gasteiger partial charge in [0, 0.05) is 19.0 Å². The highest BCUT2D eigenvalue weighted by Gasteiger charge is 2.23. The number of hydrogen-bond donors (Lipinski definition) is 1. The van der Waals surface area contributed by atoms with Crippen LogP contribution in [-0.4, -0.2) is 55.5 Å². The van der Waals surface area contributed by atoms with E-state index >= 15 is 0 Å². The van der Waals surface area contributed by atoms with Crippen LogP contribution in [0.1, 0.15) is 30.9 Å². The second-order valence-corrected chi connectivity index (χ2v) is 8.98. The summed E-state index contributed by atoms with van der Waals surface area (Å²) in [4.78, 5) is 17.0. The Bertz CT molecular complexity index is 757. The minimum atomic E-state index is -0.0657. The predicted molar refractivity (Wildman–Crippen MR) is 119 cm³/mol. The topological polar surface area (TPSA) is 44.8 Å². The van der Waals surface area contributed by atoms with Gasteiger partial charge in [0.2, 0.25) is 5.91 Å². The van der Waals surface area contributed by atoms with Gasteiger partial charge >= 0.3 is 0 Å². The Kier molecular flexibility index (Phi) is 8.09. The van der Waals surface area contributed by atoms with Crippen LogP contribution in [0.3, 0.4) is 0 Å². The molecule has 5 nitrogen and oxygen atoms in total. The molecule has 1 amide bonds. The molecule has 1 saturated heterocycles. The zero-order chi connectivity index (χ0) is 20.6. The quantitative estimate of drug-likeness (QED) is 0.680. The first-order chi connectivity index (χ1) is 14.0. The maximum absolute atomic E-state index is 12.4. The van der Waals surface area contributed by atoms with Crippen molar-refractivity contribution in [2.75, 3.05) is 33.7 Å². The summed E-state index contributed by atoms with van der Waals surface area (Å²) in [5, 5.41) is 7.38. The maximum atomic E-state index is 12.4. The van der Waals surface area contributed by atoms with Crippen LogP contribution in [0.25, 0.3) is 0 Å². The fourth-order valence-corrected chi connectivity index (χ4v) is 4.37. The molecule has 1 N–H and O–H groups in total. The molecule has 2 heterocycles. The molecule has 1 atom stereocenters. The smallest absolute Gasteiger partial charge is 0.223 e. The largest absolute Gasteiger partial charge is 0.489 e. The van der Waals surface area contributed by atoms with Crippen LogP contribution >= 0.6 is 11.3 Å². The highest BCUT2D eigenvalue weighted by molar-refractivity contribution is 7.07. The summed E-state index contributed by atoms with van der Waals surface area (Å²) < 4.78 is 6.06. The lowest BCUT2D eigenvalue weighted by molar-refractivity contribution is -0.126. The van der Waals surface area contributed by atoms with Gasteiger partial charge in [0.1, 0.15) is 11.9 Å². The number of carbonyl (C=O) groups is 1. The van der Waals surface area contributed by atoms with Crippen LogP contribution in [0, 0.1) is 5.92 Å². The number of benzene rings is 1. The number of amides is 1. The third-order valence-corrected chi connectivity index (χ3v) is 6.11. The van der Waals surface area contributed by atoms with Gasteiger partial charge in [-0.3, -0.25) is 9.69 Å². The number of hydrogen-bond acceptors (Lipinski definition) is 5. The van der Waals surface area contributed by atoms with Crippen LogP contribution in [0.4, 0.5) is 0 Å². The summed E-state index contributed by atoms with van der Waals surface area (Å²) >= 11 is 1.73. The van der Waals surface area contributed by atoms with Gasteiger partial charge in [-0.05, 0) is 87.0 Å². The monoisotopic (exact) mass is 415 g/mol. The molecule has 1 aromatic carbocycles. The number of piperidine rings is 1. The molecule has 1 aliphatic heterocycles. The van der Waals surface area contributed by atoms with Gasteiger partial charge in [0.05, 0.1) is 6.54 Å². The van der Waals surface area contributed by atoms with Crippen molar-refractivity contribution in [2.45, 2.75) is 39.0 Å². The molecule has 0 spiro atoms. The predicted octanol–water partition coefficient (Wildman–Crippen LogP) is 3.61. The average Bonchev–Trinajstić information content (AvgIpc) is 3.20.